The quantitative estimate of drug-likeness (QED) is 0.590. The smallest absolute Gasteiger partial charge is 0.277 e. The number of aromatic nitrogens is 2. The van der Waals surface area contributed by atoms with Crippen molar-refractivity contribution in [3.05, 3.63) is 52.5 Å². The van der Waals surface area contributed by atoms with Crippen LogP contribution >= 0.6 is 35.0 Å². The highest BCUT2D eigenvalue weighted by Gasteiger charge is 2.14. The van der Waals surface area contributed by atoms with Gasteiger partial charge in [0.25, 0.3) is 5.22 Å². The first-order valence-electron chi connectivity index (χ1n) is 7.41. The number of benzene rings is 2. The van der Waals surface area contributed by atoms with Crippen LogP contribution in [0.5, 0.6) is 5.75 Å². The summed E-state index contributed by atoms with van der Waals surface area (Å²) in [5, 5.41) is 11.9. The second kappa shape index (κ2) is 8.44. The van der Waals surface area contributed by atoms with Crippen molar-refractivity contribution < 1.29 is 13.9 Å². The molecule has 26 heavy (non-hydrogen) atoms. The SMILES string of the molecule is COc1ccc(Cl)cc1NC(=O)CSc1nnc(-c2ccccc2Cl)o1. The topological polar surface area (TPSA) is 77.2 Å². The third-order valence-electron chi connectivity index (χ3n) is 3.27. The number of carbonyl (C=O) groups excluding carboxylic acids is 1. The van der Waals surface area contributed by atoms with E-state index in [0.717, 1.165) is 11.8 Å². The molecule has 0 aliphatic heterocycles. The Morgan fingerprint density at radius 3 is 2.81 bits per heavy atom. The van der Waals surface area contributed by atoms with Crippen molar-refractivity contribution in [2.45, 2.75) is 5.22 Å². The van der Waals surface area contributed by atoms with E-state index in [9.17, 15) is 4.79 Å². The van der Waals surface area contributed by atoms with E-state index in [0.29, 0.717) is 32.9 Å². The molecular weight excluding hydrogens is 397 g/mol. The number of carbonyl (C=O) groups is 1. The predicted molar refractivity (Wildman–Crippen MR) is 102 cm³/mol. The molecule has 0 saturated heterocycles. The summed E-state index contributed by atoms with van der Waals surface area (Å²) in [6, 6.07) is 12.1. The van der Waals surface area contributed by atoms with Crippen LogP contribution in [-0.4, -0.2) is 29.0 Å². The normalized spacial score (nSPS) is 10.6. The molecule has 0 saturated carbocycles. The molecule has 0 unspecified atom stereocenters. The molecule has 0 fully saturated rings. The van der Waals surface area contributed by atoms with Crippen molar-refractivity contribution in [1.29, 1.82) is 0 Å². The van der Waals surface area contributed by atoms with Crippen LogP contribution in [0, 0.1) is 0 Å². The maximum atomic E-state index is 12.2. The summed E-state index contributed by atoms with van der Waals surface area (Å²) in [6.45, 7) is 0. The fourth-order valence-electron chi connectivity index (χ4n) is 2.10. The summed E-state index contributed by atoms with van der Waals surface area (Å²) < 4.78 is 10.7. The third kappa shape index (κ3) is 4.49. The molecule has 3 aromatic rings. The van der Waals surface area contributed by atoms with Gasteiger partial charge in [-0.3, -0.25) is 4.79 Å². The number of amides is 1. The molecule has 9 heteroatoms. The first kappa shape index (κ1) is 18.6. The molecule has 1 amide bonds. The lowest BCUT2D eigenvalue weighted by Crippen LogP contribution is -2.14. The number of halogens is 2. The van der Waals surface area contributed by atoms with E-state index in [2.05, 4.69) is 15.5 Å². The van der Waals surface area contributed by atoms with Crippen LogP contribution in [0.2, 0.25) is 10.0 Å². The summed E-state index contributed by atoms with van der Waals surface area (Å²) in [4.78, 5) is 12.2. The Hall–Kier alpha value is -2.22. The number of nitrogens with zero attached hydrogens (tertiary/aromatic N) is 2. The van der Waals surface area contributed by atoms with E-state index in [4.69, 9.17) is 32.4 Å². The lowest BCUT2D eigenvalue weighted by molar-refractivity contribution is -0.113. The lowest BCUT2D eigenvalue weighted by Gasteiger charge is -2.09. The van der Waals surface area contributed by atoms with Gasteiger partial charge < -0.3 is 14.5 Å². The number of methoxy groups -OCH3 is 1. The van der Waals surface area contributed by atoms with Gasteiger partial charge in [0.1, 0.15) is 5.75 Å². The van der Waals surface area contributed by atoms with Gasteiger partial charge in [0.05, 0.1) is 29.1 Å². The molecule has 1 N–H and O–H groups in total. The summed E-state index contributed by atoms with van der Waals surface area (Å²) in [5.74, 6) is 0.648. The zero-order chi connectivity index (χ0) is 18.5. The molecule has 6 nitrogen and oxygen atoms in total. The Bertz CT molecular complexity index is 933. The fraction of sp³-hybridized carbons (Fsp3) is 0.118. The van der Waals surface area contributed by atoms with Crippen molar-refractivity contribution in [2.24, 2.45) is 0 Å². The zero-order valence-corrected chi connectivity index (χ0v) is 15.9. The molecule has 1 heterocycles. The van der Waals surface area contributed by atoms with Crippen LogP contribution in [0.15, 0.2) is 52.1 Å². The molecule has 134 valence electrons. The van der Waals surface area contributed by atoms with Gasteiger partial charge in [0, 0.05) is 5.02 Å². The van der Waals surface area contributed by atoms with Gasteiger partial charge in [0.15, 0.2) is 0 Å². The van der Waals surface area contributed by atoms with E-state index in [1.165, 1.54) is 7.11 Å². The number of nitrogens with one attached hydrogen (secondary N) is 1. The van der Waals surface area contributed by atoms with Crippen molar-refractivity contribution in [3.63, 3.8) is 0 Å². The maximum Gasteiger partial charge on any atom is 0.277 e. The van der Waals surface area contributed by atoms with Crippen LogP contribution in [0.3, 0.4) is 0 Å². The second-order valence-electron chi connectivity index (χ2n) is 5.03. The zero-order valence-electron chi connectivity index (χ0n) is 13.5. The predicted octanol–water partition coefficient (Wildman–Crippen LogP) is 4.78. The van der Waals surface area contributed by atoms with Gasteiger partial charge in [-0.1, -0.05) is 47.1 Å². The van der Waals surface area contributed by atoms with Gasteiger partial charge >= 0.3 is 0 Å². The highest BCUT2D eigenvalue weighted by Crippen LogP contribution is 2.30. The lowest BCUT2D eigenvalue weighted by atomic mass is 10.2. The number of rotatable bonds is 6. The molecule has 0 spiro atoms. The minimum Gasteiger partial charge on any atom is -0.495 e. The van der Waals surface area contributed by atoms with Gasteiger partial charge in [0.2, 0.25) is 11.8 Å². The Kier molecular flexibility index (Phi) is 6.03. The standard InChI is InChI=1S/C17H13Cl2N3O3S/c1-24-14-7-6-10(18)8-13(14)20-15(23)9-26-17-22-21-16(25-17)11-4-2-3-5-12(11)19/h2-8H,9H2,1H3,(H,20,23). The monoisotopic (exact) mass is 409 g/mol. The fourth-order valence-corrected chi connectivity index (χ4v) is 3.05. The van der Waals surface area contributed by atoms with E-state index in [1.807, 2.05) is 12.1 Å². The van der Waals surface area contributed by atoms with E-state index < -0.39 is 0 Å². The molecule has 0 bridgehead atoms. The van der Waals surface area contributed by atoms with Crippen LogP contribution in [0.4, 0.5) is 5.69 Å². The molecule has 0 radical (unpaired) electrons. The highest BCUT2D eigenvalue weighted by atomic mass is 35.5. The van der Waals surface area contributed by atoms with E-state index >= 15 is 0 Å². The van der Waals surface area contributed by atoms with E-state index in [1.54, 1.807) is 30.3 Å². The van der Waals surface area contributed by atoms with Crippen molar-refractivity contribution in [3.8, 4) is 17.2 Å². The van der Waals surface area contributed by atoms with Gasteiger partial charge in [-0.2, -0.15) is 0 Å². The minimum atomic E-state index is -0.256. The van der Waals surface area contributed by atoms with Crippen LogP contribution in [0.1, 0.15) is 0 Å². The summed E-state index contributed by atoms with van der Waals surface area (Å²) in [6.07, 6.45) is 0. The number of anilines is 1. The molecule has 2 aromatic carbocycles. The highest BCUT2D eigenvalue weighted by molar-refractivity contribution is 7.99. The number of hydrogen-bond donors (Lipinski definition) is 1. The average molecular weight is 410 g/mol. The molecule has 0 atom stereocenters. The van der Waals surface area contributed by atoms with Crippen LogP contribution in [-0.2, 0) is 4.79 Å². The number of thioether (sulfide) groups is 1. The maximum absolute atomic E-state index is 12.2. The van der Waals surface area contributed by atoms with Gasteiger partial charge in [-0.25, -0.2) is 0 Å². The molecule has 3 rings (SSSR count). The van der Waals surface area contributed by atoms with E-state index in [-0.39, 0.29) is 16.9 Å². The van der Waals surface area contributed by atoms with Gasteiger partial charge in [-0.05, 0) is 30.3 Å². The van der Waals surface area contributed by atoms with Gasteiger partial charge in [-0.15, -0.1) is 10.2 Å². The van der Waals surface area contributed by atoms with Crippen molar-refractivity contribution >= 4 is 46.6 Å². The largest absolute Gasteiger partial charge is 0.495 e. The summed E-state index contributed by atoms with van der Waals surface area (Å²) in [7, 11) is 1.52. The Morgan fingerprint density at radius 1 is 1.23 bits per heavy atom. The molecule has 0 aliphatic rings. The number of hydrogen-bond acceptors (Lipinski definition) is 6. The second-order valence-corrected chi connectivity index (χ2v) is 6.80. The minimum absolute atomic E-state index is 0.0832. The summed E-state index contributed by atoms with van der Waals surface area (Å²) >= 11 is 13.2. The molecule has 1 aromatic heterocycles. The first-order chi connectivity index (χ1) is 12.6. The van der Waals surface area contributed by atoms with Crippen LogP contribution in [0.25, 0.3) is 11.5 Å². The third-order valence-corrected chi connectivity index (χ3v) is 4.66. The average Bonchev–Trinajstić information content (AvgIpc) is 3.09. The first-order valence-corrected chi connectivity index (χ1v) is 9.15. The Balaban J connectivity index is 1.62. The molecule has 0 aliphatic carbocycles. The molecular formula is C17H13Cl2N3O3S. The van der Waals surface area contributed by atoms with Crippen LogP contribution < -0.4 is 10.1 Å². The summed E-state index contributed by atoms with van der Waals surface area (Å²) in [5.41, 5.74) is 1.13. The van der Waals surface area contributed by atoms with Crippen molar-refractivity contribution in [2.75, 3.05) is 18.2 Å². The Labute approximate surface area is 163 Å². The van der Waals surface area contributed by atoms with Crippen molar-refractivity contribution in [1.82, 2.24) is 10.2 Å². The number of ether oxygens (including phenoxy) is 1. The Morgan fingerprint density at radius 2 is 2.04 bits per heavy atom.